The van der Waals surface area contributed by atoms with Crippen LogP contribution in [0.25, 0.3) is 11.1 Å². The molecule has 11 nitrogen and oxygen atoms in total. The molecule has 13 heteroatoms. The Bertz CT molecular complexity index is 1600. The first-order valence-corrected chi connectivity index (χ1v) is 15.6. The van der Waals surface area contributed by atoms with Gasteiger partial charge in [0, 0.05) is 11.6 Å². The lowest BCUT2D eigenvalue weighted by Crippen LogP contribution is -2.39. The molecule has 0 spiro atoms. The Morgan fingerprint density at radius 3 is 1.88 bits per heavy atom. The van der Waals surface area contributed by atoms with Crippen molar-refractivity contribution in [2.45, 2.75) is 51.6 Å². The molecule has 1 fully saturated rings. The van der Waals surface area contributed by atoms with Crippen molar-refractivity contribution in [3.05, 3.63) is 96.1 Å². The maximum Gasteiger partial charge on any atom is 0.346 e. The molecule has 3 aromatic carbocycles. The molecule has 49 heavy (non-hydrogen) atoms. The second kappa shape index (κ2) is 17.9. The molecular weight excluding hydrogens is 646 g/mol. The van der Waals surface area contributed by atoms with Gasteiger partial charge in [-0.15, -0.1) is 0 Å². The van der Waals surface area contributed by atoms with Crippen LogP contribution in [0.3, 0.4) is 0 Å². The van der Waals surface area contributed by atoms with Crippen molar-refractivity contribution >= 4 is 23.9 Å². The van der Waals surface area contributed by atoms with Gasteiger partial charge in [-0.1, -0.05) is 43.0 Å². The molecule has 2 atom stereocenters. The predicted octanol–water partition coefficient (Wildman–Crippen LogP) is 6.04. The summed E-state index contributed by atoms with van der Waals surface area (Å²) in [5.41, 5.74) is 1.46. The second-order valence-electron chi connectivity index (χ2n) is 10.5. The van der Waals surface area contributed by atoms with Crippen LogP contribution in [0, 0.1) is 11.6 Å². The predicted molar refractivity (Wildman–Crippen MR) is 169 cm³/mol. The van der Waals surface area contributed by atoms with Crippen molar-refractivity contribution < 1.29 is 61.1 Å². The fourth-order valence-electron chi connectivity index (χ4n) is 4.71. The smallest absolute Gasteiger partial charge is 0.346 e. The van der Waals surface area contributed by atoms with E-state index in [9.17, 15) is 28.0 Å². The molecule has 4 rings (SSSR count). The van der Waals surface area contributed by atoms with Crippen LogP contribution >= 0.6 is 0 Å². The number of carbonyl (C=O) groups excluding carboxylic acids is 4. The van der Waals surface area contributed by atoms with Crippen LogP contribution in [-0.2, 0) is 38.1 Å². The highest BCUT2D eigenvalue weighted by Crippen LogP contribution is 2.34. The zero-order valence-electron chi connectivity index (χ0n) is 27.0. The zero-order valence-corrected chi connectivity index (χ0v) is 27.0. The van der Waals surface area contributed by atoms with E-state index in [0.29, 0.717) is 24.8 Å². The van der Waals surface area contributed by atoms with Crippen LogP contribution < -0.4 is 9.47 Å². The van der Waals surface area contributed by atoms with Gasteiger partial charge < -0.3 is 33.2 Å². The number of benzene rings is 3. The lowest BCUT2D eigenvalue weighted by Gasteiger charge is -2.13. The molecule has 0 aliphatic carbocycles. The molecule has 1 heterocycles. The van der Waals surface area contributed by atoms with Crippen molar-refractivity contribution in [1.29, 1.82) is 0 Å². The molecule has 1 saturated heterocycles. The monoisotopic (exact) mass is 682 g/mol. The van der Waals surface area contributed by atoms with Crippen LogP contribution in [0.1, 0.15) is 55.3 Å². The summed E-state index contributed by atoms with van der Waals surface area (Å²) >= 11 is 0. The highest BCUT2D eigenvalue weighted by molar-refractivity contribution is 5.91. The van der Waals surface area contributed by atoms with Gasteiger partial charge in [0.05, 0.1) is 32.0 Å². The molecule has 1 aliphatic heterocycles. The van der Waals surface area contributed by atoms with Crippen molar-refractivity contribution in [3.8, 4) is 22.6 Å². The summed E-state index contributed by atoms with van der Waals surface area (Å²) in [5.74, 6) is -6.01. The third kappa shape index (κ3) is 9.71. The first kappa shape index (κ1) is 36.7. The molecule has 0 N–H and O–H groups in total. The van der Waals surface area contributed by atoms with Crippen molar-refractivity contribution in [2.75, 3.05) is 26.4 Å². The summed E-state index contributed by atoms with van der Waals surface area (Å²) in [7, 11) is 0. The average Bonchev–Trinajstić information content (AvgIpc) is 3.56. The van der Waals surface area contributed by atoms with Gasteiger partial charge in [-0.05, 0) is 68.5 Å². The Morgan fingerprint density at radius 1 is 0.735 bits per heavy atom. The number of hydrogen-bond donors (Lipinski definition) is 0. The first-order valence-electron chi connectivity index (χ1n) is 15.6. The van der Waals surface area contributed by atoms with Crippen LogP contribution in [-0.4, -0.2) is 62.5 Å². The molecule has 260 valence electrons. The van der Waals surface area contributed by atoms with Gasteiger partial charge in [-0.25, -0.2) is 23.6 Å². The molecule has 3 aromatic rings. The van der Waals surface area contributed by atoms with E-state index in [4.69, 9.17) is 33.2 Å². The molecule has 0 saturated carbocycles. The number of rotatable bonds is 16. The molecule has 0 bridgehead atoms. The normalized spacial score (nSPS) is 15.7. The van der Waals surface area contributed by atoms with E-state index < -0.39 is 59.6 Å². The van der Waals surface area contributed by atoms with E-state index in [2.05, 4.69) is 6.58 Å². The number of hydrogen-bond acceptors (Lipinski definition) is 11. The van der Waals surface area contributed by atoms with Crippen molar-refractivity contribution in [3.63, 3.8) is 0 Å². The summed E-state index contributed by atoms with van der Waals surface area (Å²) in [6, 6.07) is 15.5. The quantitative estimate of drug-likeness (QED) is 0.0576. The molecule has 1 aliphatic rings. The fraction of sp³-hybridized carbons (Fsp3) is 0.333. The van der Waals surface area contributed by atoms with Gasteiger partial charge in [-0.2, -0.15) is 4.39 Å². The summed E-state index contributed by atoms with van der Waals surface area (Å²) in [6.07, 6.45) is -0.791. The molecule has 0 radical (unpaired) electrons. The van der Waals surface area contributed by atoms with Gasteiger partial charge in [0.15, 0.2) is 30.1 Å². The van der Waals surface area contributed by atoms with Crippen LogP contribution in [0.15, 0.2) is 73.3 Å². The van der Waals surface area contributed by atoms with E-state index >= 15 is 0 Å². The highest BCUT2D eigenvalue weighted by atomic mass is 19.2. The first-order chi connectivity index (χ1) is 23.7. The van der Waals surface area contributed by atoms with Gasteiger partial charge in [0.1, 0.15) is 5.75 Å². The highest BCUT2D eigenvalue weighted by Gasteiger charge is 2.47. The molecular formula is C36H36F2O11. The number of unbranched alkanes of at least 4 members (excludes halogenated alkanes) is 2. The summed E-state index contributed by atoms with van der Waals surface area (Å²) in [4.78, 5) is 48.4. The molecule has 0 aromatic heterocycles. The Balaban J connectivity index is 1.32. The van der Waals surface area contributed by atoms with Crippen molar-refractivity contribution in [1.82, 2.24) is 0 Å². The van der Waals surface area contributed by atoms with Crippen LogP contribution in [0.2, 0.25) is 0 Å². The van der Waals surface area contributed by atoms with Crippen LogP contribution in [0.4, 0.5) is 8.78 Å². The third-order valence-electron chi connectivity index (χ3n) is 7.16. The van der Waals surface area contributed by atoms with E-state index in [0.717, 1.165) is 29.3 Å². The van der Waals surface area contributed by atoms with Gasteiger partial charge in [0.2, 0.25) is 5.82 Å². The number of esters is 4. The van der Waals surface area contributed by atoms with E-state index in [-0.39, 0.29) is 37.9 Å². The van der Waals surface area contributed by atoms with Gasteiger partial charge >= 0.3 is 23.9 Å². The maximum atomic E-state index is 14.7. The van der Waals surface area contributed by atoms with E-state index in [1.165, 1.54) is 12.1 Å². The Morgan fingerprint density at radius 2 is 1.31 bits per heavy atom. The average molecular weight is 683 g/mol. The van der Waals surface area contributed by atoms with Crippen molar-refractivity contribution in [2.24, 2.45) is 0 Å². The molecule has 0 unspecified atom stereocenters. The Hall–Kier alpha value is -5.14. The summed E-state index contributed by atoms with van der Waals surface area (Å²) in [6.45, 7) is 7.10. The lowest BCUT2D eigenvalue weighted by atomic mass is 10.0. The minimum Gasteiger partial charge on any atom is -0.490 e. The Labute approximate surface area is 281 Å². The number of halogens is 2. The minimum atomic E-state index is -1.40. The topological polar surface area (TPSA) is 133 Å². The maximum absolute atomic E-state index is 14.7. The lowest BCUT2D eigenvalue weighted by molar-refractivity contribution is -0.163. The number of carbonyl (C=O) groups is 4. The zero-order chi connectivity index (χ0) is 35.3. The summed E-state index contributed by atoms with van der Waals surface area (Å²) < 4.78 is 66.3. The number of ether oxygens (including phenoxy) is 7. The fourth-order valence-corrected chi connectivity index (χ4v) is 4.71. The van der Waals surface area contributed by atoms with E-state index in [1.54, 1.807) is 50.2 Å². The largest absolute Gasteiger partial charge is 0.490 e. The van der Waals surface area contributed by atoms with E-state index in [1.807, 2.05) is 0 Å². The molecule has 0 amide bonds. The van der Waals surface area contributed by atoms with Crippen LogP contribution in [0.5, 0.6) is 11.5 Å². The minimum absolute atomic E-state index is 0.0959. The SMILES string of the molecule is C=CC(=O)OCCCCCOc1ccc(C(=O)Oc2ccc(-c3ccc(C4O[C@@H](C(=O)OCC)[C@H](C(=O)OCC)O4)cc3)cc2)c(F)c1F. The standard InChI is InChI=1S/C36H36F2O11/c1-4-28(39)46-21-9-7-8-20-45-27-19-18-26(29(37)30(27)38)33(40)47-25-16-14-23(15-17-25)22-10-12-24(13-11-22)36-48-31(34(41)43-5-2)32(49-36)35(42)44-6-3/h4,10-19,31-32,36H,1,5-9,20-21H2,2-3H3/t31-,32-/m1/s1. The second-order valence-corrected chi connectivity index (χ2v) is 10.5. The van der Waals surface area contributed by atoms with Gasteiger partial charge in [0.25, 0.3) is 0 Å². The summed E-state index contributed by atoms with van der Waals surface area (Å²) in [5, 5.41) is 0. The van der Waals surface area contributed by atoms with Gasteiger partial charge in [-0.3, -0.25) is 0 Å². The third-order valence-corrected chi connectivity index (χ3v) is 7.16. The Kier molecular flexibility index (Phi) is 13.4.